The molecule has 4 nitrogen and oxygen atoms in total. The number of aromatic hydroxyl groups is 1. The molecule has 0 aliphatic rings. The maximum Gasteiger partial charge on any atom is 0.268 e. The number of phenolic OH excluding ortho intramolecular Hbond substituents is 1. The second-order valence-electron chi connectivity index (χ2n) is 5.10. The molecule has 0 spiro atoms. The van der Waals surface area contributed by atoms with Crippen molar-refractivity contribution in [3.8, 4) is 27.3 Å². The van der Waals surface area contributed by atoms with Crippen molar-refractivity contribution in [3.63, 3.8) is 0 Å². The van der Waals surface area contributed by atoms with Crippen LogP contribution >= 0.6 is 11.3 Å². The minimum Gasteiger partial charge on any atom is -0.507 e. The van der Waals surface area contributed by atoms with E-state index in [1.807, 2.05) is 42.5 Å². The fourth-order valence-corrected chi connectivity index (χ4v) is 3.82. The van der Waals surface area contributed by atoms with Crippen molar-refractivity contribution in [2.24, 2.45) is 0 Å². The van der Waals surface area contributed by atoms with Crippen LogP contribution in [-0.2, 0) is 0 Å². The van der Waals surface area contributed by atoms with E-state index in [2.05, 4.69) is 9.97 Å². The summed E-state index contributed by atoms with van der Waals surface area (Å²) < 4.78 is 0.560. The van der Waals surface area contributed by atoms with E-state index in [0.717, 1.165) is 16.0 Å². The smallest absolute Gasteiger partial charge is 0.268 e. The zero-order chi connectivity index (χ0) is 15.8. The van der Waals surface area contributed by atoms with Gasteiger partial charge in [0.1, 0.15) is 10.4 Å². The number of H-pyrrole nitrogens is 1. The minimum absolute atomic E-state index is 0.168. The van der Waals surface area contributed by atoms with Crippen LogP contribution in [-0.4, -0.2) is 15.1 Å². The van der Waals surface area contributed by atoms with Crippen LogP contribution in [0.1, 0.15) is 0 Å². The van der Waals surface area contributed by atoms with Gasteiger partial charge in [-0.15, -0.1) is 11.3 Å². The molecule has 4 aromatic rings. The van der Waals surface area contributed by atoms with Crippen LogP contribution in [0.15, 0.2) is 65.7 Å². The van der Waals surface area contributed by atoms with Crippen molar-refractivity contribution < 1.29 is 5.11 Å². The molecule has 0 fully saturated rings. The first-order valence-corrected chi connectivity index (χ1v) is 7.91. The maximum atomic E-state index is 12.1. The Labute approximate surface area is 135 Å². The zero-order valence-electron chi connectivity index (χ0n) is 12.0. The molecule has 5 heteroatoms. The van der Waals surface area contributed by atoms with E-state index in [9.17, 15) is 9.90 Å². The summed E-state index contributed by atoms with van der Waals surface area (Å²) >= 11 is 1.39. The van der Waals surface area contributed by atoms with Crippen molar-refractivity contribution in [1.29, 1.82) is 0 Å². The number of nitrogens with zero attached hydrogens (tertiary/aromatic N) is 1. The van der Waals surface area contributed by atoms with Crippen molar-refractivity contribution in [1.82, 2.24) is 9.97 Å². The first-order chi connectivity index (χ1) is 11.3. The van der Waals surface area contributed by atoms with E-state index in [4.69, 9.17) is 0 Å². The minimum atomic E-state index is -0.168. The summed E-state index contributed by atoms with van der Waals surface area (Å²) in [5.41, 5.74) is 2.90. The predicted octanol–water partition coefficient (Wildman–Crippen LogP) is 4.02. The molecule has 4 rings (SSSR count). The highest BCUT2D eigenvalue weighted by molar-refractivity contribution is 7.22. The molecular weight excluding hydrogens is 308 g/mol. The lowest BCUT2D eigenvalue weighted by molar-refractivity contribution is 0.477. The number of fused-ring (bicyclic) bond motifs is 1. The number of para-hydroxylation sites is 1. The molecule has 0 aliphatic carbocycles. The fourth-order valence-electron chi connectivity index (χ4n) is 2.65. The fraction of sp³-hybridized carbons (Fsp3) is 0. The van der Waals surface area contributed by atoms with E-state index < -0.39 is 0 Å². The van der Waals surface area contributed by atoms with Gasteiger partial charge in [0.2, 0.25) is 0 Å². The molecule has 0 unspecified atom stereocenters. The van der Waals surface area contributed by atoms with Gasteiger partial charge in [-0.2, -0.15) is 0 Å². The molecule has 2 aromatic carbocycles. The van der Waals surface area contributed by atoms with Crippen LogP contribution < -0.4 is 5.56 Å². The first-order valence-electron chi connectivity index (χ1n) is 7.09. The van der Waals surface area contributed by atoms with Crippen LogP contribution in [0.25, 0.3) is 31.8 Å². The molecule has 112 valence electrons. The predicted molar refractivity (Wildman–Crippen MR) is 92.8 cm³/mol. The number of hydrogen-bond donors (Lipinski definition) is 2. The second kappa shape index (κ2) is 5.37. The highest BCUT2D eigenvalue weighted by atomic mass is 32.1. The molecule has 0 saturated carbocycles. The number of nitrogens with one attached hydrogen (secondary N) is 1. The lowest BCUT2D eigenvalue weighted by atomic mass is 10.0. The van der Waals surface area contributed by atoms with Gasteiger partial charge in [0.25, 0.3) is 5.56 Å². The van der Waals surface area contributed by atoms with Gasteiger partial charge in [-0.05, 0) is 11.6 Å². The van der Waals surface area contributed by atoms with E-state index in [1.165, 1.54) is 17.7 Å². The Kier molecular flexibility index (Phi) is 3.20. The summed E-state index contributed by atoms with van der Waals surface area (Å²) in [5.74, 6) is 0.173. The normalized spacial score (nSPS) is 11.0. The number of aromatic amines is 1. The summed E-state index contributed by atoms with van der Waals surface area (Å²) in [7, 11) is 0. The molecular formula is C18H12N2O2S. The highest BCUT2D eigenvalue weighted by Crippen LogP contribution is 2.45. The van der Waals surface area contributed by atoms with E-state index in [-0.39, 0.29) is 11.3 Å². The molecule has 0 atom stereocenters. The third-order valence-corrected chi connectivity index (χ3v) is 4.91. The highest BCUT2D eigenvalue weighted by Gasteiger charge is 2.20. The van der Waals surface area contributed by atoms with Gasteiger partial charge in [0.15, 0.2) is 0 Å². The Bertz CT molecular complexity index is 1050. The topological polar surface area (TPSA) is 66.0 Å². The van der Waals surface area contributed by atoms with Crippen LogP contribution in [0.4, 0.5) is 0 Å². The number of thiophene rings is 1. The zero-order valence-corrected chi connectivity index (χ0v) is 12.8. The van der Waals surface area contributed by atoms with Gasteiger partial charge >= 0.3 is 0 Å². The van der Waals surface area contributed by atoms with Crippen LogP contribution in [0.2, 0.25) is 0 Å². The lowest BCUT2D eigenvalue weighted by Gasteiger charge is -2.07. The van der Waals surface area contributed by atoms with Gasteiger partial charge in [-0.3, -0.25) is 4.79 Å². The quantitative estimate of drug-likeness (QED) is 0.586. The molecule has 0 amide bonds. The second-order valence-corrected chi connectivity index (χ2v) is 6.12. The molecule has 0 aliphatic heterocycles. The molecule has 2 N–H and O–H groups in total. The Hall–Kier alpha value is -2.92. The Morgan fingerprint density at radius 2 is 1.74 bits per heavy atom. The monoisotopic (exact) mass is 320 g/mol. The number of aromatic nitrogens is 2. The molecule has 0 saturated heterocycles. The molecule has 0 bridgehead atoms. The van der Waals surface area contributed by atoms with Crippen molar-refractivity contribution in [2.75, 3.05) is 0 Å². The van der Waals surface area contributed by atoms with Crippen molar-refractivity contribution in [2.45, 2.75) is 0 Å². The Balaban J connectivity index is 2.15. The van der Waals surface area contributed by atoms with Gasteiger partial charge in [-0.1, -0.05) is 48.5 Å². The molecule has 0 radical (unpaired) electrons. The first kappa shape index (κ1) is 13.7. The standard InChI is InChI=1S/C18H12N2O2S/c21-13-9-5-4-8-12(13)14-15-17(18(22)20-10-19-15)23-16(14)11-6-2-1-3-7-11/h1-10,21H,(H,19,20,22). The number of phenols is 1. The van der Waals surface area contributed by atoms with E-state index in [1.54, 1.807) is 12.1 Å². The number of hydrogen-bond acceptors (Lipinski definition) is 4. The third-order valence-electron chi connectivity index (χ3n) is 3.69. The van der Waals surface area contributed by atoms with Crippen LogP contribution in [0.3, 0.4) is 0 Å². The van der Waals surface area contributed by atoms with Crippen LogP contribution in [0, 0.1) is 0 Å². The summed E-state index contributed by atoms with van der Waals surface area (Å²) in [5, 5.41) is 10.3. The molecule has 2 heterocycles. The number of benzene rings is 2. The van der Waals surface area contributed by atoms with Crippen molar-refractivity contribution >= 4 is 21.6 Å². The summed E-state index contributed by atoms with van der Waals surface area (Å²) in [6, 6.07) is 16.9. The SMILES string of the molecule is O=c1[nH]cnc2c(-c3ccccc3O)c(-c3ccccc3)sc12. The summed E-state index contributed by atoms with van der Waals surface area (Å²) in [4.78, 5) is 20.0. The van der Waals surface area contributed by atoms with Gasteiger partial charge < -0.3 is 10.1 Å². The van der Waals surface area contributed by atoms with Crippen molar-refractivity contribution in [3.05, 3.63) is 71.3 Å². The molecule has 23 heavy (non-hydrogen) atoms. The summed E-state index contributed by atoms with van der Waals surface area (Å²) in [6.07, 6.45) is 1.40. The average molecular weight is 320 g/mol. The maximum absolute atomic E-state index is 12.1. The molecule has 2 aromatic heterocycles. The lowest BCUT2D eigenvalue weighted by Crippen LogP contribution is -2.03. The Morgan fingerprint density at radius 1 is 1.00 bits per heavy atom. The summed E-state index contributed by atoms with van der Waals surface area (Å²) in [6.45, 7) is 0. The van der Waals surface area contributed by atoms with Gasteiger partial charge in [0.05, 0.1) is 11.8 Å². The van der Waals surface area contributed by atoms with E-state index in [0.29, 0.717) is 15.8 Å². The van der Waals surface area contributed by atoms with Gasteiger partial charge in [-0.25, -0.2) is 4.98 Å². The average Bonchev–Trinajstić information content (AvgIpc) is 2.97. The van der Waals surface area contributed by atoms with E-state index >= 15 is 0 Å². The van der Waals surface area contributed by atoms with Gasteiger partial charge in [0, 0.05) is 16.0 Å². The van der Waals surface area contributed by atoms with Crippen LogP contribution in [0.5, 0.6) is 5.75 Å². The Morgan fingerprint density at radius 3 is 2.52 bits per heavy atom. The third kappa shape index (κ3) is 2.22. The largest absolute Gasteiger partial charge is 0.507 e. The number of rotatable bonds is 2.